The van der Waals surface area contributed by atoms with E-state index >= 15 is 0 Å². The summed E-state index contributed by atoms with van der Waals surface area (Å²) in [6.07, 6.45) is 0. The first kappa shape index (κ1) is 29.5. The van der Waals surface area contributed by atoms with E-state index in [2.05, 4.69) is 164 Å². The summed E-state index contributed by atoms with van der Waals surface area (Å²) in [5.41, 5.74) is 9.83. The molecule has 0 spiro atoms. The highest BCUT2D eigenvalue weighted by atomic mass is 32.1. The lowest BCUT2D eigenvalue weighted by atomic mass is 9.92. The Balaban J connectivity index is 1.12. The fourth-order valence-corrected chi connectivity index (χ4v) is 8.65. The van der Waals surface area contributed by atoms with E-state index in [0.717, 1.165) is 28.1 Å². The van der Waals surface area contributed by atoms with Crippen LogP contribution in [0.5, 0.6) is 0 Å². The molecule has 0 radical (unpaired) electrons. The molecule has 0 N–H and O–H groups in total. The van der Waals surface area contributed by atoms with Crippen molar-refractivity contribution in [2.75, 3.05) is 0 Å². The van der Waals surface area contributed by atoms with E-state index < -0.39 is 0 Å². The molecule has 0 saturated carbocycles. The first-order chi connectivity index (χ1) is 25.3. The van der Waals surface area contributed by atoms with Crippen LogP contribution in [0, 0.1) is 0 Å². The fourth-order valence-electron chi connectivity index (χ4n) is 7.41. The normalized spacial score (nSPS) is 11.5. The molecule has 0 aliphatic heterocycles. The summed E-state index contributed by atoms with van der Waals surface area (Å²) in [4.78, 5) is 10.4. The Kier molecular flexibility index (Phi) is 7.04. The molecule has 0 atom stereocenters. The highest BCUT2D eigenvalue weighted by Gasteiger charge is 2.16. The smallest absolute Gasteiger partial charge is 0.160 e. The number of rotatable bonds is 5. The Labute approximate surface area is 300 Å². The van der Waals surface area contributed by atoms with Crippen LogP contribution < -0.4 is 0 Å². The molecule has 0 fully saturated rings. The molecule has 0 unspecified atom stereocenters. The summed E-state index contributed by atoms with van der Waals surface area (Å²) >= 11 is 1.87. The van der Waals surface area contributed by atoms with Gasteiger partial charge in [-0.15, -0.1) is 11.3 Å². The average molecular weight is 667 g/mol. The third-order valence-electron chi connectivity index (χ3n) is 9.87. The van der Waals surface area contributed by atoms with Crippen LogP contribution in [-0.2, 0) is 0 Å². The molecule has 10 aromatic rings. The summed E-state index contributed by atoms with van der Waals surface area (Å²) in [5, 5.41) is 7.40. The maximum absolute atomic E-state index is 5.22. The van der Waals surface area contributed by atoms with Gasteiger partial charge in [-0.3, -0.25) is 0 Å². The largest absolute Gasteiger partial charge is 0.228 e. The van der Waals surface area contributed by atoms with Gasteiger partial charge < -0.3 is 0 Å². The molecule has 10 rings (SSSR count). The standard InChI is InChI=1S/C48H30N2S/c1-3-12-31(13-4-1)38-19-9-16-32-17-10-22-42(46(32)38)44-30-43(49-48(50-44)33-14-5-2-6-15-33)37-27-25-34-28-36(26-24-35(34)29-37)39-20-11-21-41-40-18-7-8-23-45(40)51-47(39)41/h1-30H. The molecule has 2 heterocycles. The second kappa shape index (κ2) is 12.2. The number of nitrogens with zero attached hydrogens (tertiary/aromatic N) is 2. The lowest BCUT2D eigenvalue weighted by Gasteiger charge is -2.14. The van der Waals surface area contributed by atoms with Gasteiger partial charge in [0.05, 0.1) is 11.4 Å². The molecular weight excluding hydrogens is 637 g/mol. The highest BCUT2D eigenvalue weighted by Crippen LogP contribution is 2.41. The van der Waals surface area contributed by atoms with E-state index in [1.807, 2.05) is 29.5 Å². The first-order valence-electron chi connectivity index (χ1n) is 17.2. The molecule has 0 aliphatic rings. The third kappa shape index (κ3) is 5.18. The summed E-state index contributed by atoms with van der Waals surface area (Å²) in [5.74, 6) is 0.712. The predicted octanol–water partition coefficient (Wildman–Crippen LogP) is 13.5. The predicted molar refractivity (Wildman–Crippen MR) is 217 cm³/mol. The van der Waals surface area contributed by atoms with E-state index in [0.29, 0.717) is 5.82 Å². The Bertz CT molecular complexity index is 2900. The lowest BCUT2D eigenvalue weighted by Crippen LogP contribution is -1.97. The maximum atomic E-state index is 5.22. The van der Waals surface area contributed by atoms with Crippen LogP contribution in [0.15, 0.2) is 182 Å². The topological polar surface area (TPSA) is 25.8 Å². The molecule has 0 bridgehead atoms. The molecular formula is C48H30N2S. The van der Waals surface area contributed by atoms with Crippen molar-refractivity contribution < 1.29 is 0 Å². The van der Waals surface area contributed by atoms with Crippen LogP contribution in [-0.4, -0.2) is 9.97 Å². The summed E-state index contributed by atoms with van der Waals surface area (Å²) < 4.78 is 2.66. The van der Waals surface area contributed by atoms with Crippen LogP contribution in [0.2, 0.25) is 0 Å². The van der Waals surface area contributed by atoms with Crippen molar-refractivity contribution in [1.29, 1.82) is 0 Å². The zero-order valence-electron chi connectivity index (χ0n) is 27.6. The van der Waals surface area contributed by atoms with E-state index in [9.17, 15) is 0 Å². The highest BCUT2D eigenvalue weighted by molar-refractivity contribution is 7.26. The van der Waals surface area contributed by atoms with Gasteiger partial charge in [-0.25, -0.2) is 9.97 Å². The number of benzene rings is 8. The van der Waals surface area contributed by atoms with Crippen molar-refractivity contribution in [2.45, 2.75) is 0 Å². The number of fused-ring (bicyclic) bond motifs is 5. The van der Waals surface area contributed by atoms with Crippen molar-refractivity contribution in [1.82, 2.24) is 9.97 Å². The Morgan fingerprint density at radius 1 is 0.353 bits per heavy atom. The molecule has 0 saturated heterocycles. The molecule has 51 heavy (non-hydrogen) atoms. The second-order valence-electron chi connectivity index (χ2n) is 13.0. The van der Waals surface area contributed by atoms with E-state index in [-0.39, 0.29) is 0 Å². The van der Waals surface area contributed by atoms with Crippen LogP contribution in [0.3, 0.4) is 0 Å². The van der Waals surface area contributed by atoms with Gasteiger partial charge in [0.1, 0.15) is 0 Å². The van der Waals surface area contributed by atoms with Gasteiger partial charge >= 0.3 is 0 Å². The van der Waals surface area contributed by atoms with Gasteiger partial charge in [0.25, 0.3) is 0 Å². The van der Waals surface area contributed by atoms with Crippen LogP contribution in [0.4, 0.5) is 0 Å². The Morgan fingerprint density at radius 3 is 1.76 bits per heavy atom. The van der Waals surface area contributed by atoms with Crippen molar-refractivity contribution in [3.8, 4) is 56.2 Å². The van der Waals surface area contributed by atoms with Gasteiger partial charge in [-0.2, -0.15) is 0 Å². The minimum Gasteiger partial charge on any atom is -0.228 e. The molecule has 3 heteroatoms. The zero-order chi connectivity index (χ0) is 33.7. The molecule has 238 valence electrons. The van der Waals surface area contributed by atoms with Crippen LogP contribution >= 0.6 is 11.3 Å². The van der Waals surface area contributed by atoms with Crippen molar-refractivity contribution in [3.05, 3.63) is 182 Å². The average Bonchev–Trinajstić information content (AvgIpc) is 3.59. The van der Waals surface area contributed by atoms with E-state index in [4.69, 9.17) is 9.97 Å². The minimum absolute atomic E-state index is 0.712. The van der Waals surface area contributed by atoms with Gasteiger partial charge in [0.15, 0.2) is 5.82 Å². The quantitative estimate of drug-likeness (QED) is 0.183. The van der Waals surface area contributed by atoms with Crippen molar-refractivity contribution in [2.24, 2.45) is 0 Å². The Hall–Kier alpha value is -6.42. The molecule has 0 amide bonds. The summed E-state index contributed by atoms with van der Waals surface area (Å²) in [6, 6.07) is 65.0. The van der Waals surface area contributed by atoms with Crippen molar-refractivity contribution in [3.63, 3.8) is 0 Å². The minimum atomic E-state index is 0.712. The van der Waals surface area contributed by atoms with Crippen LogP contribution in [0.25, 0.3) is 97.9 Å². The third-order valence-corrected chi connectivity index (χ3v) is 11.1. The number of hydrogen-bond acceptors (Lipinski definition) is 3. The maximum Gasteiger partial charge on any atom is 0.160 e. The number of thiophene rings is 1. The van der Waals surface area contributed by atoms with Crippen LogP contribution in [0.1, 0.15) is 0 Å². The summed E-state index contributed by atoms with van der Waals surface area (Å²) in [7, 11) is 0. The molecule has 8 aromatic carbocycles. The van der Waals surface area contributed by atoms with E-state index in [1.54, 1.807) is 0 Å². The molecule has 0 aliphatic carbocycles. The van der Waals surface area contributed by atoms with Gasteiger partial charge in [0.2, 0.25) is 0 Å². The SMILES string of the molecule is c1ccc(-c2nc(-c3ccc4cc(-c5cccc6c5sc5ccccc56)ccc4c3)cc(-c3cccc4cccc(-c5ccccc5)c34)n2)cc1. The monoisotopic (exact) mass is 666 g/mol. The van der Waals surface area contributed by atoms with Gasteiger partial charge in [-0.1, -0.05) is 158 Å². The zero-order valence-corrected chi connectivity index (χ0v) is 28.4. The summed E-state index contributed by atoms with van der Waals surface area (Å²) in [6.45, 7) is 0. The van der Waals surface area contributed by atoms with Gasteiger partial charge in [-0.05, 0) is 68.1 Å². The lowest BCUT2D eigenvalue weighted by molar-refractivity contribution is 1.19. The molecule has 2 nitrogen and oxygen atoms in total. The molecule has 2 aromatic heterocycles. The first-order valence-corrected chi connectivity index (χ1v) is 18.1. The van der Waals surface area contributed by atoms with Crippen molar-refractivity contribution >= 4 is 53.1 Å². The Morgan fingerprint density at radius 2 is 0.961 bits per heavy atom. The van der Waals surface area contributed by atoms with Gasteiger partial charge in [0, 0.05) is 36.9 Å². The second-order valence-corrected chi connectivity index (χ2v) is 14.0. The number of hydrogen-bond donors (Lipinski definition) is 0. The van der Waals surface area contributed by atoms with E-state index in [1.165, 1.54) is 64.0 Å². The number of aromatic nitrogens is 2. The fraction of sp³-hybridized carbons (Fsp3) is 0.